The van der Waals surface area contributed by atoms with Gasteiger partial charge in [0.25, 0.3) is 5.91 Å². The molecule has 0 saturated carbocycles. The number of rotatable bonds is 6. The Morgan fingerprint density at radius 2 is 1.85 bits per heavy atom. The summed E-state index contributed by atoms with van der Waals surface area (Å²) < 4.78 is 17.0. The van der Waals surface area contributed by atoms with E-state index in [-0.39, 0.29) is 12.0 Å². The fourth-order valence-electron chi connectivity index (χ4n) is 3.95. The molecule has 1 aliphatic heterocycles. The second kappa shape index (κ2) is 8.38. The highest BCUT2D eigenvalue weighted by Gasteiger charge is 2.25. The molecule has 3 heterocycles. The summed E-state index contributed by atoms with van der Waals surface area (Å²) in [7, 11) is 0. The minimum atomic E-state index is -1.12. The van der Waals surface area contributed by atoms with E-state index >= 15 is 0 Å². The first kappa shape index (κ1) is 20.7. The number of H-pyrrole nitrogens is 1. The molecule has 3 N–H and O–H groups in total. The molecule has 8 heteroatoms. The fourth-order valence-corrected chi connectivity index (χ4v) is 3.95. The van der Waals surface area contributed by atoms with Crippen LogP contribution in [0.5, 0.6) is 11.5 Å². The molecule has 4 aromatic rings. The molecule has 0 spiro atoms. The first-order valence-electron chi connectivity index (χ1n) is 10.6. The Hall–Kier alpha value is -4.20. The van der Waals surface area contributed by atoms with Gasteiger partial charge in [-0.15, -0.1) is 0 Å². The minimum Gasteiger partial charge on any atom is -0.486 e. The SMILES string of the molecule is Cc1oc(-c2ccc3c(c2)OCCO3)cc1C(=O)N[C@@H](Cc1cc2ccccc2[nH]1)C(=O)O. The van der Waals surface area contributed by atoms with Crippen molar-refractivity contribution in [1.82, 2.24) is 10.3 Å². The second-order valence-electron chi connectivity index (χ2n) is 7.89. The number of aromatic amines is 1. The van der Waals surface area contributed by atoms with Gasteiger partial charge in [0.2, 0.25) is 0 Å². The van der Waals surface area contributed by atoms with E-state index in [9.17, 15) is 14.7 Å². The summed E-state index contributed by atoms with van der Waals surface area (Å²) in [5, 5.41) is 13.3. The van der Waals surface area contributed by atoms with Crippen LogP contribution in [0, 0.1) is 6.92 Å². The lowest BCUT2D eigenvalue weighted by molar-refractivity contribution is -0.139. The van der Waals surface area contributed by atoms with E-state index in [2.05, 4.69) is 10.3 Å². The van der Waals surface area contributed by atoms with E-state index in [1.165, 1.54) is 0 Å². The zero-order valence-corrected chi connectivity index (χ0v) is 17.9. The maximum atomic E-state index is 12.9. The van der Waals surface area contributed by atoms with Gasteiger partial charge in [0.1, 0.15) is 30.8 Å². The van der Waals surface area contributed by atoms with Gasteiger partial charge in [-0.05, 0) is 48.7 Å². The lowest BCUT2D eigenvalue weighted by atomic mass is 10.1. The molecule has 33 heavy (non-hydrogen) atoms. The molecular formula is C25H22N2O6. The van der Waals surface area contributed by atoms with Gasteiger partial charge >= 0.3 is 5.97 Å². The number of carbonyl (C=O) groups excluding carboxylic acids is 1. The van der Waals surface area contributed by atoms with E-state index in [0.717, 1.165) is 22.2 Å². The number of hydrogen-bond donors (Lipinski definition) is 3. The number of aromatic nitrogens is 1. The van der Waals surface area contributed by atoms with Crippen molar-refractivity contribution in [2.45, 2.75) is 19.4 Å². The number of amides is 1. The predicted octanol–water partition coefficient (Wildman–Crippen LogP) is 3.93. The molecule has 8 nitrogen and oxygen atoms in total. The largest absolute Gasteiger partial charge is 0.486 e. The number of aryl methyl sites for hydroxylation is 1. The zero-order chi connectivity index (χ0) is 22.9. The van der Waals surface area contributed by atoms with Gasteiger partial charge in [-0.2, -0.15) is 0 Å². The number of carbonyl (C=O) groups is 2. The Bertz CT molecular complexity index is 1320. The first-order chi connectivity index (χ1) is 16.0. The van der Waals surface area contributed by atoms with E-state index in [1.807, 2.05) is 36.4 Å². The second-order valence-corrected chi connectivity index (χ2v) is 7.89. The summed E-state index contributed by atoms with van der Waals surface area (Å²) in [6, 6.07) is 15.5. The molecular weight excluding hydrogens is 424 g/mol. The highest BCUT2D eigenvalue weighted by atomic mass is 16.6. The van der Waals surface area contributed by atoms with Crippen molar-refractivity contribution in [3.63, 3.8) is 0 Å². The van der Waals surface area contributed by atoms with E-state index < -0.39 is 17.9 Å². The molecule has 0 radical (unpaired) electrons. The van der Waals surface area contributed by atoms with Crippen LogP contribution in [-0.2, 0) is 11.2 Å². The van der Waals surface area contributed by atoms with Gasteiger partial charge in [0.05, 0.1) is 5.56 Å². The third-order valence-corrected chi connectivity index (χ3v) is 5.60. The lowest BCUT2D eigenvalue weighted by Crippen LogP contribution is -2.42. The van der Waals surface area contributed by atoms with Crippen molar-refractivity contribution >= 4 is 22.8 Å². The zero-order valence-electron chi connectivity index (χ0n) is 17.9. The van der Waals surface area contributed by atoms with Crippen molar-refractivity contribution < 1.29 is 28.6 Å². The van der Waals surface area contributed by atoms with Crippen LogP contribution in [0.1, 0.15) is 21.8 Å². The summed E-state index contributed by atoms with van der Waals surface area (Å²) in [6.07, 6.45) is 0.127. The Labute approximate surface area is 189 Å². The van der Waals surface area contributed by atoms with Crippen molar-refractivity contribution in [1.29, 1.82) is 0 Å². The summed E-state index contributed by atoms with van der Waals surface area (Å²) in [5.74, 6) is 0.527. The first-order valence-corrected chi connectivity index (χ1v) is 10.6. The summed E-state index contributed by atoms with van der Waals surface area (Å²) in [6.45, 7) is 2.64. The summed E-state index contributed by atoms with van der Waals surface area (Å²) in [4.78, 5) is 28.0. The number of fused-ring (bicyclic) bond motifs is 2. The normalized spacial score (nSPS) is 13.6. The number of aliphatic carboxylic acids is 1. The Balaban J connectivity index is 1.35. The molecule has 0 unspecified atom stereocenters. The van der Waals surface area contributed by atoms with Crippen LogP contribution in [0.2, 0.25) is 0 Å². The van der Waals surface area contributed by atoms with Gasteiger partial charge in [-0.3, -0.25) is 4.79 Å². The minimum absolute atomic E-state index is 0.127. The van der Waals surface area contributed by atoms with Crippen molar-refractivity contribution in [2.75, 3.05) is 13.2 Å². The van der Waals surface area contributed by atoms with E-state index in [0.29, 0.717) is 36.2 Å². The molecule has 168 valence electrons. The highest BCUT2D eigenvalue weighted by molar-refractivity contribution is 5.98. The summed E-state index contributed by atoms with van der Waals surface area (Å²) in [5.41, 5.74) is 2.65. The standard InChI is InChI=1S/C25H22N2O6/c1-14-18(13-22(33-14)16-6-7-21-23(11-16)32-9-8-31-21)24(28)27-20(25(29)30)12-17-10-15-4-2-3-5-19(15)26-17/h2-7,10-11,13,20,26H,8-9,12H2,1H3,(H,27,28)(H,29,30)/t20-/m0/s1. The fraction of sp³-hybridized carbons (Fsp3) is 0.200. The number of benzene rings is 2. The molecule has 2 aromatic carbocycles. The van der Waals surface area contributed by atoms with Crippen LogP contribution in [0.3, 0.4) is 0 Å². The third kappa shape index (κ3) is 4.15. The van der Waals surface area contributed by atoms with Crippen molar-refractivity contribution in [3.05, 3.63) is 71.6 Å². The molecule has 0 bridgehead atoms. The topological polar surface area (TPSA) is 114 Å². The maximum absolute atomic E-state index is 12.9. The summed E-state index contributed by atoms with van der Waals surface area (Å²) >= 11 is 0. The molecule has 0 saturated heterocycles. The molecule has 1 aliphatic rings. The molecule has 1 atom stereocenters. The molecule has 0 fully saturated rings. The molecule has 2 aromatic heterocycles. The average Bonchev–Trinajstić information content (AvgIpc) is 3.41. The van der Waals surface area contributed by atoms with Crippen molar-refractivity contribution in [2.24, 2.45) is 0 Å². The lowest BCUT2D eigenvalue weighted by Gasteiger charge is -2.18. The number of para-hydroxylation sites is 1. The van der Waals surface area contributed by atoms with Crippen molar-refractivity contribution in [3.8, 4) is 22.8 Å². The van der Waals surface area contributed by atoms with Gasteiger partial charge < -0.3 is 29.3 Å². The number of carboxylic acid groups (broad SMARTS) is 1. The third-order valence-electron chi connectivity index (χ3n) is 5.60. The van der Waals surface area contributed by atoms with Crippen LogP contribution in [-0.4, -0.2) is 41.2 Å². The quantitative estimate of drug-likeness (QED) is 0.414. The van der Waals surface area contributed by atoms with Gasteiger partial charge in [0, 0.05) is 23.2 Å². The molecule has 1 amide bonds. The average molecular weight is 446 g/mol. The number of furan rings is 1. The molecule has 5 rings (SSSR count). The smallest absolute Gasteiger partial charge is 0.326 e. The van der Waals surface area contributed by atoms with Gasteiger partial charge in [0.15, 0.2) is 11.5 Å². The monoisotopic (exact) mass is 446 g/mol. The number of hydrogen-bond acceptors (Lipinski definition) is 5. The van der Waals surface area contributed by atoms with Crippen LogP contribution < -0.4 is 14.8 Å². The van der Waals surface area contributed by atoms with Crippen LogP contribution >= 0.6 is 0 Å². The Morgan fingerprint density at radius 1 is 1.06 bits per heavy atom. The predicted molar refractivity (Wildman–Crippen MR) is 121 cm³/mol. The van der Waals surface area contributed by atoms with Crippen LogP contribution in [0.15, 0.2) is 59.0 Å². The van der Waals surface area contributed by atoms with Gasteiger partial charge in [-0.1, -0.05) is 18.2 Å². The number of ether oxygens (including phenoxy) is 2. The van der Waals surface area contributed by atoms with E-state index in [1.54, 1.807) is 25.1 Å². The van der Waals surface area contributed by atoms with Crippen LogP contribution in [0.4, 0.5) is 0 Å². The highest BCUT2D eigenvalue weighted by Crippen LogP contribution is 2.35. The Morgan fingerprint density at radius 3 is 2.64 bits per heavy atom. The maximum Gasteiger partial charge on any atom is 0.326 e. The molecule has 0 aliphatic carbocycles. The van der Waals surface area contributed by atoms with Gasteiger partial charge in [-0.25, -0.2) is 4.79 Å². The number of carboxylic acids is 1. The van der Waals surface area contributed by atoms with Crippen LogP contribution in [0.25, 0.3) is 22.2 Å². The Kier molecular flexibility index (Phi) is 5.26. The van der Waals surface area contributed by atoms with E-state index in [4.69, 9.17) is 13.9 Å². The number of nitrogens with one attached hydrogen (secondary N) is 2.